The van der Waals surface area contributed by atoms with E-state index in [0.29, 0.717) is 6.42 Å². The van der Waals surface area contributed by atoms with Crippen LogP contribution in [0.3, 0.4) is 0 Å². The fourth-order valence-electron chi connectivity index (χ4n) is 0.912. The highest BCUT2D eigenvalue weighted by Gasteiger charge is 2.00. The number of carbonyl (C=O) groups is 1. The predicted molar refractivity (Wildman–Crippen MR) is 49.4 cm³/mol. The number of nitrogens with one attached hydrogen (secondary N) is 1. The average molecular weight is 173 g/mol. The first-order chi connectivity index (χ1) is 5.66. The molecule has 0 aliphatic rings. The maximum Gasteiger partial charge on any atom is 0.234 e. The van der Waals surface area contributed by atoms with Crippen LogP contribution in [-0.2, 0) is 4.79 Å². The van der Waals surface area contributed by atoms with Gasteiger partial charge in [-0.05, 0) is 19.4 Å². The zero-order valence-electron chi connectivity index (χ0n) is 7.97. The largest absolute Gasteiger partial charge is 0.330 e. The lowest BCUT2D eigenvalue weighted by atomic mass is 10.2. The van der Waals surface area contributed by atoms with Gasteiger partial charge in [0.2, 0.25) is 5.91 Å². The lowest BCUT2D eigenvalue weighted by Gasteiger charge is -2.11. The Labute approximate surface area is 74.1 Å². The number of amides is 1. The molecule has 0 aliphatic carbocycles. The van der Waals surface area contributed by atoms with Gasteiger partial charge in [0, 0.05) is 20.5 Å². The van der Waals surface area contributed by atoms with Crippen LogP contribution in [0, 0.1) is 0 Å². The first-order valence-electron chi connectivity index (χ1n) is 4.33. The van der Waals surface area contributed by atoms with Gasteiger partial charge >= 0.3 is 0 Å². The molecule has 0 radical (unpaired) electrons. The summed E-state index contributed by atoms with van der Waals surface area (Å²) in [4.78, 5) is 11.0. The fraction of sp³-hybridized carbons (Fsp3) is 0.875. The first kappa shape index (κ1) is 11.4. The standard InChI is InChI=1S/C8H19N3O/c1-11(2)10-8(12)6-4-3-5-7-9/h3-7,9H2,1-2H3,(H,10,12). The molecule has 4 nitrogen and oxygen atoms in total. The number of hydrogen-bond acceptors (Lipinski definition) is 3. The molecule has 72 valence electrons. The second-order valence-corrected chi connectivity index (χ2v) is 3.03. The van der Waals surface area contributed by atoms with Gasteiger partial charge in [-0.25, -0.2) is 5.01 Å². The van der Waals surface area contributed by atoms with E-state index in [1.807, 2.05) is 0 Å². The van der Waals surface area contributed by atoms with Gasteiger partial charge < -0.3 is 5.73 Å². The number of unbranched alkanes of at least 4 members (excludes halogenated alkanes) is 2. The van der Waals surface area contributed by atoms with Crippen molar-refractivity contribution in [2.45, 2.75) is 25.7 Å². The Balaban J connectivity index is 3.20. The van der Waals surface area contributed by atoms with Crippen LogP contribution < -0.4 is 11.2 Å². The molecule has 4 heteroatoms. The van der Waals surface area contributed by atoms with Crippen molar-refractivity contribution in [1.82, 2.24) is 10.4 Å². The number of carbonyl (C=O) groups excluding carboxylic acids is 1. The van der Waals surface area contributed by atoms with E-state index in [0.717, 1.165) is 25.8 Å². The molecule has 0 saturated carbocycles. The number of nitrogens with zero attached hydrogens (tertiary/aromatic N) is 1. The Morgan fingerprint density at radius 1 is 1.33 bits per heavy atom. The molecule has 0 heterocycles. The summed E-state index contributed by atoms with van der Waals surface area (Å²) in [5.74, 6) is 0.0806. The molecule has 0 fully saturated rings. The van der Waals surface area contributed by atoms with Gasteiger partial charge in [-0.15, -0.1) is 0 Å². The van der Waals surface area contributed by atoms with Crippen LogP contribution in [0.15, 0.2) is 0 Å². The molecule has 0 atom stereocenters. The molecule has 0 spiro atoms. The minimum atomic E-state index is 0.0806. The van der Waals surface area contributed by atoms with Crippen LogP contribution in [0.25, 0.3) is 0 Å². The van der Waals surface area contributed by atoms with E-state index >= 15 is 0 Å². The fourth-order valence-corrected chi connectivity index (χ4v) is 0.912. The Bertz CT molecular complexity index is 125. The van der Waals surface area contributed by atoms with Crippen LogP contribution in [0.5, 0.6) is 0 Å². The molecule has 3 N–H and O–H groups in total. The molecule has 0 aliphatic heterocycles. The van der Waals surface area contributed by atoms with E-state index in [2.05, 4.69) is 5.43 Å². The van der Waals surface area contributed by atoms with Crippen molar-refractivity contribution in [3.05, 3.63) is 0 Å². The second-order valence-electron chi connectivity index (χ2n) is 3.03. The van der Waals surface area contributed by atoms with E-state index in [9.17, 15) is 4.79 Å². The van der Waals surface area contributed by atoms with E-state index in [1.165, 1.54) is 0 Å². The molecule has 12 heavy (non-hydrogen) atoms. The van der Waals surface area contributed by atoms with Crippen LogP contribution in [0.4, 0.5) is 0 Å². The van der Waals surface area contributed by atoms with E-state index in [4.69, 9.17) is 5.73 Å². The van der Waals surface area contributed by atoms with Crippen LogP contribution in [-0.4, -0.2) is 31.6 Å². The Morgan fingerprint density at radius 3 is 2.50 bits per heavy atom. The van der Waals surface area contributed by atoms with E-state index in [-0.39, 0.29) is 5.91 Å². The first-order valence-corrected chi connectivity index (χ1v) is 4.33. The summed E-state index contributed by atoms with van der Waals surface area (Å²) in [6.07, 6.45) is 3.57. The van der Waals surface area contributed by atoms with Crippen molar-refractivity contribution >= 4 is 5.91 Å². The lowest BCUT2D eigenvalue weighted by molar-refractivity contribution is -0.124. The maximum absolute atomic E-state index is 11.0. The molecule has 0 rings (SSSR count). The summed E-state index contributed by atoms with van der Waals surface area (Å²) in [5, 5.41) is 1.66. The topological polar surface area (TPSA) is 58.4 Å². The zero-order valence-corrected chi connectivity index (χ0v) is 7.97. The zero-order chi connectivity index (χ0) is 9.40. The summed E-state index contributed by atoms with van der Waals surface area (Å²) in [5.41, 5.74) is 8.00. The Hall–Kier alpha value is -0.610. The third-order valence-corrected chi connectivity index (χ3v) is 1.46. The normalized spacial score (nSPS) is 10.3. The SMILES string of the molecule is CN(C)NC(=O)CCCCCN. The molecule has 0 aromatic rings. The molecular weight excluding hydrogens is 154 g/mol. The minimum Gasteiger partial charge on any atom is -0.330 e. The molecular formula is C8H19N3O. The van der Waals surface area contributed by atoms with Gasteiger partial charge in [0.15, 0.2) is 0 Å². The summed E-state index contributed by atoms with van der Waals surface area (Å²) in [6.45, 7) is 0.718. The number of rotatable bonds is 6. The molecule has 0 aromatic heterocycles. The van der Waals surface area contributed by atoms with E-state index < -0.39 is 0 Å². The lowest BCUT2D eigenvalue weighted by Crippen LogP contribution is -2.35. The summed E-state index contributed by atoms with van der Waals surface area (Å²) >= 11 is 0. The summed E-state index contributed by atoms with van der Waals surface area (Å²) in [7, 11) is 3.61. The Morgan fingerprint density at radius 2 is 2.00 bits per heavy atom. The quantitative estimate of drug-likeness (QED) is 0.442. The predicted octanol–water partition coefficient (Wildman–Crippen LogP) is 0.0983. The number of hydrogen-bond donors (Lipinski definition) is 2. The maximum atomic E-state index is 11.0. The minimum absolute atomic E-state index is 0.0806. The van der Waals surface area contributed by atoms with Crippen molar-refractivity contribution in [2.24, 2.45) is 5.73 Å². The summed E-state index contributed by atoms with van der Waals surface area (Å²) < 4.78 is 0. The number of nitrogens with two attached hydrogens (primary N) is 1. The van der Waals surface area contributed by atoms with Gasteiger partial charge in [-0.1, -0.05) is 6.42 Å². The van der Waals surface area contributed by atoms with Gasteiger partial charge in [0.25, 0.3) is 0 Å². The van der Waals surface area contributed by atoms with Crippen molar-refractivity contribution in [2.75, 3.05) is 20.6 Å². The van der Waals surface area contributed by atoms with Crippen LogP contribution in [0.2, 0.25) is 0 Å². The third kappa shape index (κ3) is 7.50. The van der Waals surface area contributed by atoms with Gasteiger partial charge in [0.1, 0.15) is 0 Å². The molecule has 0 unspecified atom stereocenters. The van der Waals surface area contributed by atoms with Gasteiger partial charge in [0.05, 0.1) is 0 Å². The van der Waals surface area contributed by atoms with Gasteiger partial charge in [-0.3, -0.25) is 10.2 Å². The highest BCUT2D eigenvalue weighted by molar-refractivity contribution is 5.75. The molecule has 0 saturated heterocycles. The molecule has 1 amide bonds. The average Bonchev–Trinajstić information content (AvgIpc) is 1.97. The van der Waals surface area contributed by atoms with Crippen molar-refractivity contribution in [3.8, 4) is 0 Å². The highest BCUT2D eigenvalue weighted by atomic mass is 16.2. The van der Waals surface area contributed by atoms with E-state index in [1.54, 1.807) is 19.1 Å². The van der Waals surface area contributed by atoms with Gasteiger partial charge in [-0.2, -0.15) is 0 Å². The Kier molecular flexibility index (Phi) is 6.70. The highest BCUT2D eigenvalue weighted by Crippen LogP contribution is 1.97. The van der Waals surface area contributed by atoms with Crippen LogP contribution in [0.1, 0.15) is 25.7 Å². The second kappa shape index (κ2) is 7.06. The molecule has 0 bridgehead atoms. The molecule has 0 aromatic carbocycles. The smallest absolute Gasteiger partial charge is 0.234 e. The monoisotopic (exact) mass is 173 g/mol. The van der Waals surface area contributed by atoms with Crippen molar-refractivity contribution < 1.29 is 4.79 Å². The summed E-state index contributed by atoms with van der Waals surface area (Å²) in [6, 6.07) is 0. The van der Waals surface area contributed by atoms with Crippen LogP contribution >= 0.6 is 0 Å². The third-order valence-electron chi connectivity index (χ3n) is 1.46. The van der Waals surface area contributed by atoms with Crippen molar-refractivity contribution in [1.29, 1.82) is 0 Å². The van der Waals surface area contributed by atoms with Crippen molar-refractivity contribution in [3.63, 3.8) is 0 Å². The number of hydrazine groups is 1.